The predicted octanol–water partition coefficient (Wildman–Crippen LogP) is 3.89. The average molecular weight is 373 g/mol. The van der Waals surface area contributed by atoms with Crippen molar-refractivity contribution in [2.45, 2.75) is 33.6 Å². The van der Waals surface area contributed by atoms with E-state index in [-0.39, 0.29) is 5.91 Å². The van der Waals surface area contributed by atoms with Gasteiger partial charge in [0.25, 0.3) is 0 Å². The normalized spacial score (nSPS) is 11.0. The molecule has 3 aromatic rings. The molecule has 6 nitrogen and oxygen atoms in total. The standard InChI is InChI=1S/C19H21ClN4O2/c1-11-9-18-21-12(2)15(13(3)24(18)23-11)6-8-19(25)22-14-5-7-17(26-4)16(20)10-14/h5,7,9-10H,6,8H2,1-4H3,(H,22,25). The lowest BCUT2D eigenvalue weighted by molar-refractivity contribution is -0.116. The van der Waals surface area contributed by atoms with Gasteiger partial charge in [0.2, 0.25) is 5.91 Å². The number of hydrogen-bond donors (Lipinski definition) is 1. The predicted molar refractivity (Wildman–Crippen MR) is 102 cm³/mol. The summed E-state index contributed by atoms with van der Waals surface area (Å²) in [6.45, 7) is 5.91. The summed E-state index contributed by atoms with van der Waals surface area (Å²) < 4.78 is 6.95. The van der Waals surface area contributed by atoms with Gasteiger partial charge in [0.1, 0.15) is 5.75 Å². The van der Waals surface area contributed by atoms with Crippen LogP contribution in [-0.2, 0) is 11.2 Å². The zero-order valence-corrected chi connectivity index (χ0v) is 16.0. The van der Waals surface area contributed by atoms with Gasteiger partial charge in [0.05, 0.1) is 17.8 Å². The molecule has 7 heteroatoms. The smallest absolute Gasteiger partial charge is 0.224 e. The van der Waals surface area contributed by atoms with Crippen LogP contribution in [0.15, 0.2) is 24.3 Å². The molecule has 0 fully saturated rings. The van der Waals surface area contributed by atoms with E-state index in [0.29, 0.717) is 29.3 Å². The molecule has 1 N–H and O–H groups in total. The maximum absolute atomic E-state index is 12.3. The number of ether oxygens (including phenoxy) is 1. The molecule has 136 valence electrons. The minimum atomic E-state index is -0.0817. The van der Waals surface area contributed by atoms with Gasteiger partial charge in [0.15, 0.2) is 5.65 Å². The van der Waals surface area contributed by atoms with Crippen molar-refractivity contribution in [1.29, 1.82) is 0 Å². The van der Waals surface area contributed by atoms with Crippen molar-refractivity contribution in [3.05, 3.63) is 51.9 Å². The largest absolute Gasteiger partial charge is 0.495 e. The molecule has 2 aromatic heterocycles. The summed E-state index contributed by atoms with van der Waals surface area (Å²) in [7, 11) is 1.55. The second kappa shape index (κ2) is 7.33. The fourth-order valence-corrected chi connectivity index (χ4v) is 3.27. The van der Waals surface area contributed by atoms with E-state index < -0.39 is 0 Å². The first-order chi connectivity index (χ1) is 12.4. The Kier molecular flexibility index (Phi) is 5.13. The Labute approximate surface area is 157 Å². The van der Waals surface area contributed by atoms with Gasteiger partial charge in [0, 0.05) is 29.6 Å². The van der Waals surface area contributed by atoms with Crippen LogP contribution in [0.1, 0.15) is 29.1 Å². The summed E-state index contributed by atoms with van der Waals surface area (Å²) in [5.41, 5.74) is 5.38. The Morgan fingerprint density at radius 3 is 2.73 bits per heavy atom. The number of carbonyl (C=O) groups excluding carboxylic acids is 1. The van der Waals surface area contributed by atoms with Gasteiger partial charge in [-0.15, -0.1) is 0 Å². The van der Waals surface area contributed by atoms with Crippen molar-refractivity contribution in [3.63, 3.8) is 0 Å². The molecule has 26 heavy (non-hydrogen) atoms. The Bertz CT molecular complexity index is 981. The maximum atomic E-state index is 12.3. The van der Waals surface area contributed by atoms with Crippen molar-refractivity contribution in [3.8, 4) is 5.75 Å². The van der Waals surface area contributed by atoms with E-state index in [0.717, 1.165) is 28.3 Å². The fourth-order valence-electron chi connectivity index (χ4n) is 3.01. The summed E-state index contributed by atoms with van der Waals surface area (Å²) in [5.74, 6) is 0.492. The van der Waals surface area contributed by atoms with Crippen LogP contribution in [0.4, 0.5) is 5.69 Å². The minimum absolute atomic E-state index is 0.0817. The number of fused-ring (bicyclic) bond motifs is 1. The van der Waals surface area contributed by atoms with Gasteiger partial charge < -0.3 is 10.1 Å². The number of rotatable bonds is 5. The van der Waals surface area contributed by atoms with Gasteiger partial charge in [-0.25, -0.2) is 9.50 Å². The fraction of sp³-hybridized carbons (Fsp3) is 0.316. The Morgan fingerprint density at radius 2 is 2.04 bits per heavy atom. The van der Waals surface area contributed by atoms with E-state index >= 15 is 0 Å². The van der Waals surface area contributed by atoms with E-state index in [1.54, 1.807) is 25.3 Å². The van der Waals surface area contributed by atoms with Crippen LogP contribution < -0.4 is 10.1 Å². The first-order valence-electron chi connectivity index (χ1n) is 8.35. The van der Waals surface area contributed by atoms with E-state index in [4.69, 9.17) is 16.3 Å². The molecule has 0 saturated heterocycles. The van der Waals surface area contributed by atoms with Crippen LogP contribution >= 0.6 is 11.6 Å². The number of aromatic nitrogens is 3. The number of aryl methyl sites for hydroxylation is 3. The van der Waals surface area contributed by atoms with Crippen molar-refractivity contribution in [1.82, 2.24) is 14.6 Å². The SMILES string of the molecule is COc1ccc(NC(=O)CCc2c(C)nc3cc(C)nn3c2C)cc1Cl. The van der Waals surface area contributed by atoms with Gasteiger partial charge in [-0.2, -0.15) is 5.10 Å². The summed E-state index contributed by atoms with van der Waals surface area (Å²) in [5, 5.41) is 7.78. The number of carbonyl (C=O) groups is 1. The molecule has 1 aromatic carbocycles. The Balaban J connectivity index is 1.71. The summed E-state index contributed by atoms with van der Waals surface area (Å²) >= 11 is 6.09. The molecule has 2 heterocycles. The Hall–Kier alpha value is -2.60. The zero-order chi connectivity index (χ0) is 18.8. The molecule has 0 aliphatic heterocycles. The number of anilines is 1. The van der Waals surface area contributed by atoms with Crippen molar-refractivity contribution in [2.75, 3.05) is 12.4 Å². The minimum Gasteiger partial charge on any atom is -0.495 e. The quantitative estimate of drug-likeness (QED) is 0.737. The first-order valence-corrected chi connectivity index (χ1v) is 8.72. The van der Waals surface area contributed by atoms with Gasteiger partial charge in [-0.05, 0) is 51.0 Å². The Morgan fingerprint density at radius 1 is 1.27 bits per heavy atom. The van der Waals surface area contributed by atoms with Gasteiger partial charge in [-0.3, -0.25) is 4.79 Å². The molecule has 0 unspecified atom stereocenters. The highest BCUT2D eigenvalue weighted by molar-refractivity contribution is 6.32. The highest BCUT2D eigenvalue weighted by atomic mass is 35.5. The second-order valence-corrected chi connectivity index (χ2v) is 6.62. The molecular formula is C19H21ClN4O2. The van der Waals surface area contributed by atoms with Crippen molar-refractivity contribution in [2.24, 2.45) is 0 Å². The number of halogens is 1. The van der Waals surface area contributed by atoms with Crippen LogP contribution in [0.5, 0.6) is 5.75 Å². The van der Waals surface area contributed by atoms with Crippen LogP contribution in [0.3, 0.4) is 0 Å². The van der Waals surface area contributed by atoms with E-state index in [1.165, 1.54) is 0 Å². The molecule has 1 amide bonds. The highest BCUT2D eigenvalue weighted by Crippen LogP contribution is 2.27. The third kappa shape index (κ3) is 3.65. The molecule has 0 bridgehead atoms. The second-order valence-electron chi connectivity index (χ2n) is 6.21. The molecule has 0 aliphatic rings. The number of hydrogen-bond acceptors (Lipinski definition) is 4. The highest BCUT2D eigenvalue weighted by Gasteiger charge is 2.13. The first kappa shape index (κ1) is 18.2. The molecule has 0 atom stereocenters. The third-order valence-corrected chi connectivity index (χ3v) is 4.62. The molecule has 0 saturated carbocycles. The monoisotopic (exact) mass is 372 g/mol. The number of nitrogens with one attached hydrogen (secondary N) is 1. The number of methoxy groups -OCH3 is 1. The molecule has 3 rings (SSSR count). The summed E-state index contributed by atoms with van der Waals surface area (Å²) in [4.78, 5) is 16.9. The van der Waals surface area contributed by atoms with Crippen molar-refractivity contribution >= 4 is 28.8 Å². The van der Waals surface area contributed by atoms with Crippen LogP contribution in [-0.4, -0.2) is 27.6 Å². The van der Waals surface area contributed by atoms with Crippen LogP contribution in [0.2, 0.25) is 5.02 Å². The molecule has 0 radical (unpaired) electrons. The number of amides is 1. The lowest BCUT2D eigenvalue weighted by Crippen LogP contribution is -2.14. The van der Waals surface area contributed by atoms with Crippen molar-refractivity contribution < 1.29 is 9.53 Å². The number of benzene rings is 1. The topological polar surface area (TPSA) is 68.5 Å². The van der Waals surface area contributed by atoms with Gasteiger partial charge in [-0.1, -0.05) is 11.6 Å². The van der Waals surface area contributed by atoms with Crippen LogP contribution in [0.25, 0.3) is 5.65 Å². The maximum Gasteiger partial charge on any atom is 0.224 e. The van der Waals surface area contributed by atoms with E-state index in [9.17, 15) is 4.79 Å². The molecule has 0 spiro atoms. The molecule has 0 aliphatic carbocycles. The van der Waals surface area contributed by atoms with E-state index in [2.05, 4.69) is 15.4 Å². The van der Waals surface area contributed by atoms with Crippen LogP contribution in [0, 0.1) is 20.8 Å². The lowest BCUT2D eigenvalue weighted by Gasteiger charge is -2.11. The van der Waals surface area contributed by atoms with Gasteiger partial charge >= 0.3 is 0 Å². The third-order valence-electron chi connectivity index (χ3n) is 4.32. The lowest BCUT2D eigenvalue weighted by atomic mass is 10.1. The number of nitrogens with zero attached hydrogens (tertiary/aromatic N) is 3. The van der Waals surface area contributed by atoms with E-state index in [1.807, 2.05) is 31.4 Å². The average Bonchev–Trinajstić information content (AvgIpc) is 2.95. The molecular weight excluding hydrogens is 352 g/mol. The zero-order valence-electron chi connectivity index (χ0n) is 15.3. The summed E-state index contributed by atoms with van der Waals surface area (Å²) in [6.07, 6.45) is 0.938. The summed E-state index contributed by atoms with van der Waals surface area (Å²) in [6, 6.07) is 7.11.